The van der Waals surface area contributed by atoms with E-state index < -0.39 is 15.9 Å². The summed E-state index contributed by atoms with van der Waals surface area (Å²) in [5.41, 5.74) is 2.98. The molecule has 3 heterocycles. The van der Waals surface area contributed by atoms with E-state index in [1.807, 2.05) is 30.3 Å². The third kappa shape index (κ3) is 5.05. The van der Waals surface area contributed by atoms with Gasteiger partial charge in [-0.3, -0.25) is 4.79 Å². The van der Waals surface area contributed by atoms with Gasteiger partial charge in [0.25, 0.3) is 5.91 Å². The van der Waals surface area contributed by atoms with Gasteiger partial charge >= 0.3 is 0 Å². The Balaban J connectivity index is 1.41. The van der Waals surface area contributed by atoms with Crippen LogP contribution in [0.15, 0.2) is 53.1 Å². The molecule has 0 aliphatic carbocycles. The zero-order valence-electron chi connectivity index (χ0n) is 19.8. The van der Waals surface area contributed by atoms with Crippen LogP contribution in [0.2, 0.25) is 0 Å². The normalized spacial score (nSPS) is 18.5. The number of sulfone groups is 1. The van der Waals surface area contributed by atoms with E-state index in [0.717, 1.165) is 5.56 Å². The van der Waals surface area contributed by atoms with Gasteiger partial charge in [-0.05, 0) is 41.7 Å². The van der Waals surface area contributed by atoms with Gasteiger partial charge in [0.1, 0.15) is 13.2 Å². The maximum Gasteiger partial charge on any atom is 0.276 e. The Kier molecular flexibility index (Phi) is 6.27. The molecule has 5 rings (SSSR count). The summed E-state index contributed by atoms with van der Waals surface area (Å²) in [7, 11) is -3.18. The SMILES string of the molecule is CC(C)c1ccc(CN(C(=O)c2cc(-c3ccc4c(c3)OCCO4)on2)C2CCS(=O)(=O)C2)cc1. The van der Waals surface area contributed by atoms with Gasteiger partial charge in [-0.1, -0.05) is 43.3 Å². The van der Waals surface area contributed by atoms with E-state index >= 15 is 0 Å². The van der Waals surface area contributed by atoms with Gasteiger partial charge in [-0.15, -0.1) is 0 Å². The highest BCUT2D eigenvalue weighted by atomic mass is 32.2. The number of rotatable bonds is 6. The highest BCUT2D eigenvalue weighted by molar-refractivity contribution is 7.91. The van der Waals surface area contributed by atoms with Crippen LogP contribution in [0.5, 0.6) is 11.5 Å². The molecule has 3 aromatic rings. The minimum absolute atomic E-state index is 0.0459. The number of ether oxygens (including phenoxy) is 2. The summed E-state index contributed by atoms with van der Waals surface area (Å²) >= 11 is 0. The molecule has 0 spiro atoms. The van der Waals surface area contributed by atoms with E-state index in [0.29, 0.717) is 54.9 Å². The molecule has 0 bridgehead atoms. The fourth-order valence-electron chi connectivity index (χ4n) is 4.45. The molecule has 1 saturated heterocycles. The molecule has 1 fully saturated rings. The lowest BCUT2D eigenvalue weighted by Gasteiger charge is -2.27. The average molecular weight is 497 g/mol. The van der Waals surface area contributed by atoms with Crippen LogP contribution in [0.4, 0.5) is 0 Å². The number of hydrogen-bond acceptors (Lipinski definition) is 7. The Morgan fingerprint density at radius 1 is 1.06 bits per heavy atom. The predicted octanol–water partition coefficient (Wildman–Crippen LogP) is 4.07. The van der Waals surface area contributed by atoms with Crippen LogP contribution in [-0.4, -0.2) is 55.1 Å². The minimum atomic E-state index is -3.18. The van der Waals surface area contributed by atoms with E-state index in [2.05, 4.69) is 19.0 Å². The summed E-state index contributed by atoms with van der Waals surface area (Å²) < 4.78 is 41.1. The summed E-state index contributed by atoms with van der Waals surface area (Å²) in [4.78, 5) is 15.2. The molecule has 8 nitrogen and oxygen atoms in total. The number of amides is 1. The lowest BCUT2D eigenvalue weighted by Crippen LogP contribution is -2.40. The third-order valence-corrected chi connectivity index (χ3v) is 8.22. The number of benzene rings is 2. The van der Waals surface area contributed by atoms with E-state index in [9.17, 15) is 13.2 Å². The van der Waals surface area contributed by atoms with Crippen molar-refractivity contribution in [2.24, 2.45) is 0 Å². The fraction of sp³-hybridized carbons (Fsp3) is 0.385. The molecule has 1 amide bonds. The van der Waals surface area contributed by atoms with Crippen LogP contribution in [-0.2, 0) is 16.4 Å². The van der Waals surface area contributed by atoms with Gasteiger partial charge in [0.2, 0.25) is 0 Å². The number of carbonyl (C=O) groups is 1. The molecule has 2 aromatic carbocycles. The molecular formula is C26H28N2O6S. The Hall–Kier alpha value is -3.33. The molecule has 2 aliphatic rings. The van der Waals surface area contributed by atoms with Crippen molar-refractivity contribution in [1.82, 2.24) is 10.1 Å². The Labute approximate surface area is 204 Å². The standard InChI is InChI=1S/C26H28N2O6S/c1-17(2)19-5-3-18(4-6-19)15-28(21-9-12-35(30,31)16-21)26(29)22-14-24(34-27-22)20-7-8-23-25(13-20)33-11-10-32-23/h3-8,13-14,17,21H,9-12,15-16H2,1-2H3. The topological polar surface area (TPSA) is 98.9 Å². The molecule has 2 aliphatic heterocycles. The third-order valence-electron chi connectivity index (χ3n) is 6.47. The summed E-state index contributed by atoms with van der Waals surface area (Å²) in [6.07, 6.45) is 0.408. The van der Waals surface area contributed by atoms with Gasteiger partial charge in [0.05, 0.1) is 11.5 Å². The first kappa shape index (κ1) is 23.4. The molecule has 184 valence electrons. The number of fused-ring (bicyclic) bond motifs is 1. The van der Waals surface area contributed by atoms with Crippen molar-refractivity contribution < 1.29 is 27.2 Å². The van der Waals surface area contributed by atoms with Crippen molar-refractivity contribution in [3.05, 3.63) is 65.4 Å². The predicted molar refractivity (Wildman–Crippen MR) is 130 cm³/mol. The number of hydrogen-bond donors (Lipinski definition) is 0. The van der Waals surface area contributed by atoms with Crippen molar-refractivity contribution in [2.75, 3.05) is 24.7 Å². The first-order valence-corrected chi connectivity index (χ1v) is 13.6. The molecule has 35 heavy (non-hydrogen) atoms. The lowest BCUT2D eigenvalue weighted by molar-refractivity contribution is 0.0670. The van der Waals surface area contributed by atoms with Crippen molar-refractivity contribution in [1.29, 1.82) is 0 Å². The molecule has 1 aromatic heterocycles. The molecule has 0 radical (unpaired) electrons. The molecule has 1 atom stereocenters. The smallest absolute Gasteiger partial charge is 0.276 e. The second kappa shape index (κ2) is 9.37. The van der Waals surface area contributed by atoms with Crippen molar-refractivity contribution in [3.63, 3.8) is 0 Å². The molecule has 1 unspecified atom stereocenters. The zero-order chi connectivity index (χ0) is 24.6. The van der Waals surface area contributed by atoms with Crippen LogP contribution in [0.3, 0.4) is 0 Å². The first-order chi connectivity index (χ1) is 16.8. The molecular weight excluding hydrogens is 468 g/mol. The number of aromatic nitrogens is 1. The van der Waals surface area contributed by atoms with Crippen LogP contribution in [0.25, 0.3) is 11.3 Å². The Bertz CT molecular complexity index is 1330. The number of nitrogens with zero attached hydrogens (tertiary/aromatic N) is 2. The molecule has 0 saturated carbocycles. The first-order valence-electron chi connectivity index (χ1n) is 11.8. The average Bonchev–Trinajstić information content (AvgIpc) is 3.49. The lowest BCUT2D eigenvalue weighted by atomic mass is 10.0. The van der Waals surface area contributed by atoms with E-state index in [1.165, 1.54) is 5.56 Å². The van der Waals surface area contributed by atoms with Gasteiger partial charge in [0.15, 0.2) is 32.8 Å². The summed E-state index contributed by atoms with van der Waals surface area (Å²) in [5, 5.41) is 4.02. The van der Waals surface area contributed by atoms with Gasteiger partial charge in [-0.25, -0.2) is 8.42 Å². The van der Waals surface area contributed by atoms with E-state index in [-0.39, 0.29) is 23.1 Å². The van der Waals surface area contributed by atoms with Crippen molar-refractivity contribution in [3.8, 4) is 22.8 Å². The second-order valence-electron chi connectivity index (χ2n) is 9.32. The zero-order valence-corrected chi connectivity index (χ0v) is 20.6. The number of carbonyl (C=O) groups excluding carboxylic acids is 1. The Morgan fingerprint density at radius 2 is 1.80 bits per heavy atom. The van der Waals surface area contributed by atoms with Gasteiger partial charge in [-0.2, -0.15) is 0 Å². The van der Waals surface area contributed by atoms with Crippen LogP contribution in [0.1, 0.15) is 47.8 Å². The maximum absolute atomic E-state index is 13.6. The largest absolute Gasteiger partial charge is 0.486 e. The summed E-state index contributed by atoms with van der Waals surface area (Å²) in [5.74, 6) is 1.77. The van der Waals surface area contributed by atoms with E-state index in [1.54, 1.807) is 23.1 Å². The van der Waals surface area contributed by atoms with Gasteiger partial charge < -0.3 is 18.9 Å². The van der Waals surface area contributed by atoms with Crippen LogP contribution < -0.4 is 9.47 Å². The summed E-state index contributed by atoms with van der Waals surface area (Å²) in [6.45, 7) is 5.51. The Morgan fingerprint density at radius 3 is 2.49 bits per heavy atom. The van der Waals surface area contributed by atoms with Crippen molar-refractivity contribution in [2.45, 2.75) is 38.8 Å². The van der Waals surface area contributed by atoms with Gasteiger partial charge in [0, 0.05) is 24.2 Å². The minimum Gasteiger partial charge on any atom is -0.486 e. The highest BCUT2D eigenvalue weighted by Gasteiger charge is 2.36. The molecule has 9 heteroatoms. The van der Waals surface area contributed by atoms with E-state index in [4.69, 9.17) is 14.0 Å². The maximum atomic E-state index is 13.6. The second-order valence-corrected chi connectivity index (χ2v) is 11.5. The fourth-order valence-corrected chi connectivity index (χ4v) is 6.18. The monoisotopic (exact) mass is 496 g/mol. The quantitative estimate of drug-likeness (QED) is 0.507. The molecule has 0 N–H and O–H groups in total. The highest BCUT2D eigenvalue weighted by Crippen LogP contribution is 2.35. The van der Waals surface area contributed by atoms with Crippen molar-refractivity contribution >= 4 is 15.7 Å². The van der Waals surface area contributed by atoms with Crippen LogP contribution in [0, 0.1) is 0 Å². The summed E-state index contributed by atoms with van der Waals surface area (Å²) in [6, 6.07) is 14.7. The van der Waals surface area contributed by atoms with Crippen LogP contribution >= 0.6 is 0 Å².